The van der Waals surface area contributed by atoms with Crippen LogP contribution in [0.2, 0.25) is 5.02 Å². The van der Waals surface area contributed by atoms with Crippen LogP contribution in [-0.4, -0.2) is 73.8 Å². The third kappa shape index (κ3) is 6.26. The van der Waals surface area contributed by atoms with Crippen LogP contribution >= 0.6 is 11.6 Å². The molecule has 6 rings (SSSR count). The van der Waals surface area contributed by atoms with Crippen molar-refractivity contribution in [3.63, 3.8) is 0 Å². The first-order chi connectivity index (χ1) is 21.5. The summed E-state index contributed by atoms with van der Waals surface area (Å²) in [5.41, 5.74) is 3.33. The second-order valence-electron chi connectivity index (χ2n) is 11.5. The van der Waals surface area contributed by atoms with E-state index in [4.69, 9.17) is 16.3 Å². The summed E-state index contributed by atoms with van der Waals surface area (Å²) in [5.74, 6) is -0.489. The molecule has 234 valence electrons. The van der Waals surface area contributed by atoms with Crippen LogP contribution in [0.3, 0.4) is 0 Å². The Hall–Kier alpha value is -4.03. The lowest BCUT2D eigenvalue weighted by Crippen LogP contribution is -2.36. The number of morpholine rings is 1. The van der Waals surface area contributed by atoms with Crippen LogP contribution in [-0.2, 0) is 14.8 Å². The SMILES string of the molecule is Cc1ccc(S(=O)(=O)n2cc(-c3ccn(C(CN(C)C)c4cc(F)cc(Cl)c4)c(=O)c3)c3cc(N4CCOCC4)cnc32)cc1. The highest BCUT2D eigenvalue weighted by Crippen LogP contribution is 2.34. The van der Waals surface area contributed by atoms with Gasteiger partial charge in [0, 0.05) is 54.1 Å². The molecule has 5 aromatic rings. The summed E-state index contributed by atoms with van der Waals surface area (Å²) < 4.78 is 50.4. The number of rotatable bonds is 8. The quantitative estimate of drug-likeness (QED) is 0.229. The van der Waals surface area contributed by atoms with Gasteiger partial charge in [-0.05, 0) is 74.6 Å². The lowest BCUT2D eigenvalue weighted by Gasteiger charge is -2.28. The standard InChI is InChI=1S/C33H33ClFN5O4S/c1-22-4-6-28(7-5-22)45(42,43)40-20-30(29-18-27(19-36-33(29)40)38-10-12-44-13-11-38)23-8-9-39(32(41)16-23)31(21-37(2)3)24-14-25(34)17-26(35)15-24/h4-9,14-20,31H,10-13,21H2,1-3H3. The Bertz CT molecular complexity index is 2020. The summed E-state index contributed by atoms with van der Waals surface area (Å²) in [6.07, 6.45) is 4.85. The molecular formula is C33H33ClFN5O4S. The Morgan fingerprint density at radius 2 is 1.78 bits per heavy atom. The molecule has 2 aromatic carbocycles. The molecule has 1 saturated heterocycles. The number of aromatic nitrogens is 3. The van der Waals surface area contributed by atoms with Crippen LogP contribution in [0.25, 0.3) is 22.2 Å². The predicted octanol–water partition coefficient (Wildman–Crippen LogP) is 5.19. The third-order valence-corrected chi connectivity index (χ3v) is 9.84. The minimum Gasteiger partial charge on any atom is -0.378 e. The Morgan fingerprint density at radius 3 is 2.44 bits per heavy atom. The highest BCUT2D eigenvalue weighted by atomic mass is 35.5. The fourth-order valence-electron chi connectivity index (χ4n) is 5.68. The number of ether oxygens (including phenoxy) is 1. The van der Waals surface area contributed by atoms with Crippen molar-refractivity contribution < 1.29 is 17.5 Å². The maximum Gasteiger partial charge on any atom is 0.269 e. The van der Waals surface area contributed by atoms with E-state index < -0.39 is 21.9 Å². The van der Waals surface area contributed by atoms with Crippen LogP contribution in [0.15, 0.2) is 88.9 Å². The largest absolute Gasteiger partial charge is 0.378 e. The number of halogens is 2. The van der Waals surface area contributed by atoms with Gasteiger partial charge in [-0.25, -0.2) is 21.8 Å². The van der Waals surface area contributed by atoms with Crippen LogP contribution in [0.1, 0.15) is 17.2 Å². The van der Waals surface area contributed by atoms with E-state index in [0.29, 0.717) is 54.9 Å². The molecule has 0 amide bonds. The number of benzene rings is 2. The average molecular weight is 650 g/mol. The number of hydrogen-bond donors (Lipinski definition) is 0. The van der Waals surface area contributed by atoms with Gasteiger partial charge in [-0.1, -0.05) is 29.3 Å². The van der Waals surface area contributed by atoms with E-state index >= 15 is 0 Å². The topological polar surface area (TPSA) is 89.7 Å². The van der Waals surface area contributed by atoms with Gasteiger partial charge in [-0.15, -0.1) is 0 Å². The van der Waals surface area contributed by atoms with Crippen molar-refractivity contribution in [1.82, 2.24) is 18.4 Å². The van der Waals surface area contributed by atoms with E-state index in [1.165, 1.54) is 32.9 Å². The van der Waals surface area contributed by atoms with Crippen molar-refractivity contribution in [3.8, 4) is 11.1 Å². The van der Waals surface area contributed by atoms with Gasteiger partial charge in [0.05, 0.1) is 36.0 Å². The minimum absolute atomic E-state index is 0.131. The molecule has 1 aliphatic heterocycles. The number of fused-ring (bicyclic) bond motifs is 1. The highest BCUT2D eigenvalue weighted by molar-refractivity contribution is 7.90. The molecule has 3 aromatic heterocycles. The molecule has 12 heteroatoms. The Morgan fingerprint density at radius 1 is 1.04 bits per heavy atom. The smallest absolute Gasteiger partial charge is 0.269 e. The molecule has 1 aliphatic rings. The molecule has 0 spiro atoms. The molecule has 0 saturated carbocycles. The molecule has 4 heterocycles. The van der Waals surface area contributed by atoms with Gasteiger partial charge < -0.3 is 19.1 Å². The number of hydrogen-bond acceptors (Lipinski definition) is 7. The number of nitrogens with zero attached hydrogens (tertiary/aromatic N) is 5. The van der Waals surface area contributed by atoms with Gasteiger partial charge in [0.25, 0.3) is 15.6 Å². The normalized spacial score (nSPS) is 14.8. The second-order valence-corrected chi connectivity index (χ2v) is 13.7. The van der Waals surface area contributed by atoms with Gasteiger partial charge in [0.1, 0.15) is 5.82 Å². The summed E-state index contributed by atoms with van der Waals surface area (Å²) >= 11 is 6.17. The molecule has 9 nitrogen and oxygen atoms in total. The molecule has 1 atom stereocenters. The summed E-state index contributed by atoms with van der Waals surface area (Å²) in [7, 11) is -0.271. The first-order valence-corrected chi connectivity index (χ1v) is 16.3. The molecule has 1 fully saturated rings. The van der Waals surface area contributed by atoms with Crippen molar-refractivity contribution in [3.05, 3.63) is 112 Å². The molecular weight excluding hydrogens is 617 g/mol. The molecule has 1 unspecified atom stereocenters. The Labute approximate surface area is 266 Å². The lowest BCUT2D eigenvalue weighted by atomic mass is 10.0. The van der Waals surface area contributed by atoms with Gasteiger partial charge in [0.15, 0.2) is 5.65 Å². The first kappa shape index (κ1) is 31.0. The Balaban J connectivity index is 1.50. The van der Waals surface area contributed by atoms with Crippen LogP contribution < -0.4 is 10.5 Å². The monoisotopic (exact) mass is 649 g/mol. The summed E-state index contributed by atoms with van der Waals surface area (Å²) in [6, 6.07) is 15.5. The average Bonchev–Trinajstić information content (AvgIpc) is 3.40. The van der Waals surface area contributed by atoms with Crippen LogP contribution in [0.4, 0.5) is 10.1 Å². The fourth-order valence-corrected chi connectivity index (χ4v) is 7.24. The van der Waals surface area contributed by atoms with E-state index in [0.717, 1.165) is 11.3 Å². The molecule has 0 N–H and O–H groups in total. The van der Waals surface area contributed by atoms with E-state index in [9.17, 15) is 17.6 Å². The third-order valence-electron chi connectivity index (χ3n) is 7.95. The zero-order valence-electron chi connectivity index (χ0n) is 25.2. The maximum atomic E-state index is 14.3. The van der Waals surface area contributed by atoms with Gasteiger partial charge in [-0.3, -0.25) is 4.79 Å². The maximum absolute atomic E-state index is 14.3. The predicted molar refractivity (Wildman–Crippen MR) is 174 cm³/mol. The zero-order valence-corrected chi connectivity index (χ0v) is 26.7. The van der Waals surface area contributed by atoms with E-state index in [1.807, 2.05) is 32.0 Å². The van der Waals surface area contributed by atoms with E-state index in [-0.39, 0.29) is 21.1 Å². The van der Waals surface area contributed by atoms with Gasteiger partial charge in [0.2, 0.25) is 0 Å². The van der Waals surface area contributed by atoms with Crippen LogP contribution in [0.5, 0.6) is 0 Å². The number of aryl methyl sites for hydroxylation is 1. The Kier molecular flexibility index (Phi) is 8.53. The number of likely N-dealkylation sites (N-methyl/N-ethyl adjacent to an activating group) is 1. The number of pyridine rings is 2. The van der Waals surface area contributed by atoms with Crippen molar-refractivity contribution in [2.45, 2.75) is 17.9 Å². The molecule has 45 heavy (non-hydrogen) atoms. The fraction of sp³-hybridized carbons (Fsp3) is 0.273. The summed E-state index contributed by atoms with van der Waals surface area (Å²) in [4.78, 5) is 22.6. The molecule has 0 bridgehead atoms. The minimum atomic E-state index is -4.01. The van der Waals surface area contributed by atoms with Gasteiger partial charge >= 0.3 is 0 Å². The van der Waals surface area contributed by atoms with Gasteiger partial charge in [-0.2, -0.15) is 0 Å². The molecule has 0 aliphatic carbocycles. The summed E-state index contributed by atoms with van der Waals surface area (Å²) in [5, 5.41) is 0.832. The van der Waals surface area contributed by atoms with Crippen LogP contribution in [0, 0.1) is 12.7 Å². The number of anilines is 1. The molecule has 0 radical (unpaired) electrons. The second kappa shape index (κ2) is 12.4. The van der Waals surface area contributed by atoms with E-state index in [2.05, 4.69) is 9.88 Å². The van der Waals surface area contributed by atoms with Crippen molar-refractivity contribution in [1.29, 1.82) is 0 Å². The highest BCUT2D eigenvalue weighted by Gasteiger charge is 2.25. The zero-order chi connectivity index (χ0) is 31.9. The lowest BCUT2D eigenvalue weighted by molar-refractivity contribution is 0.122. The van der Waals surface area contributed by atoms with Crippen molar-refractivity contribution >= 4 is 38.3 Å². The van der Waals surface area contributed by atoms with Crippen molar-refractivity contribution in [2.24, 2.45) is 0 Å². The summed E-state index contributed by atoms with van der Waals surface area (Å²) in [6.45, 7) is 4.83. The van der Waals surface area contributed by atoms with E-state index in [1.54, 1.807) is 48.8 Å². The first-order valence-electron chi connectivity index (χ1n) is 14.5. The van der Waals surface area contributed by atoms with Crippen molar-refractivity contribution in [2.75, 3.05) is 51.8 Å².